The van der Waals surface area contributed by atoms with Gasteiger partial charge in [0.15, 0.2) is 0 Å². The third-order valence-corrected chi connectivity index (χ3v) is 2.88. The van der Waals surface area contributed by atoms with Crippen LogP contribution < -0.4 is 10.6 Å². The van der Waals surface area contributed by atoms with E-state index in [2.05, 4.69) is 17.2 Å². The van der Waals surface area contributed by atoms with Crippen molar-refractivity contribution in [3.63, 3.8) is 0 Å². The minimum absolute atomic E-state index is 0.00752. The number of hydrogen-bond acceptors (Lipinski definition) is 3. The molecule has 0 radical (unpaired) electrons. The molecule has 1 fully saturated rings. The highest BCUT2D eigenvalue weighted by molar-refractivity contribution is 5.78. The Morgan fingerprint density at radius 3 is 2.59 bits per heavy atom. The van der Waals surface area contributed by atoms with Crippen LogP contribution in [0.25, 0.3) is 0 Å². The number of rotatable bonds is 5. The van der Waals surface area contributed by atoms with E-state index in [0.717, 1.165) is 25.9 Å². The number of amides is 2. The molecule has 1 saturated heterocycles. The highest BCUT2D eigenvalue weighted by Gasteiger charge is 2.21. The van der Waals surface area contributed by atoms with Gasteiger partial charge < -0.3 is 15.5 Å². The van der Waals surface area contributed by atoms with Gasteiger partial charge in [0.05, 0.1) is 6.54 Å². The van der Waals surface area contributed by atoms with Crippen molar-refractivity contribution >= 4 is 11.8 Å². The van der Waals surface area contributed by atoms with Gasteiger partial charge in [0, 0.05) is 32.6 Å². The zero-order valence-electron chi connectivity index (χ0n) is 10.4. The molecule has 96 valence electrons. The van der Waals surface area contributed by atoms with Crippen LogP contribution in [-0.2, 0) is 9.59 Å². The van der Waals surface area contributed by atoms with Crippen molar-refractivity contribution in [2.75, 3.05) is 26.2 Å². The number of nitrogens with one attached hydrogen (secondary N) is 2. The summed E-state index contributed by atoms with van der Waals surface area (Å²) >= 11 is 0. The molecule has 0 saturated carbocycles. The molecule has 5 nitrogen and oxygen atoms in total. The molecule has 0 spiro atoms. The Kier molecular flexibility index (Phi) is 5.69. The lowest BCUT2D eigenvalue weighted by Gasteiger charge is -2.31. The van der Waals surface area contributed by atoms with E-state index in [0.29, 0.717) is 13.1 Å². The Bertz CT molecular complexity index is 283. The normalized spacial score (nSPS) is 16.6. The summed E-state index contributed by atoms with van der Waals surface area (Å²) in [5.41, 5.74) is 0. The van der Waals surface area contributed by atoms with Crippen LogP contribution in [0.5, 0.6) is 0 Å². The van der Waals surface area contributed by atoms with E-state index in [1.54, 1.807) is 13.0 Å². The molecule has 1 aliphatic heterocycles. The highest BCUT2D eigenvalue weighted by Crippen LogP contribution is 2.09. The summed E-state index contributed by atoms with van der Waals surface area (Å²) in [6.45, 7) is 7.57. The maximum atomic E-state index is 11.5. The first-order valence-electron chi connectivity index (χ1n) is 6.00. The third-order valence-electron chi connectivity index (χ3n) is 2.88. The van der Waals surface area contributed by atoms with Crippen molar-refractivity contribution in [2.24, 2.45) is 0 Å². The summed E-state index contributed by atoms with van der Waals surface area (Å²) in [6.07, 6.45) is 3.40. The van der Waals surface area contributed by atoms with Crippen LogP contribution >= 0.6 is 0 Å². The topological polar surface area (TPSA) is 61.4 Å². The van der Waals surface area contributed by atoms with E-state index in [-0.39, 0.29) is 17.9 Å². The number of carbonyl (C=O) groups excluding carboxylic acids is 2. The Morgan fingerprint density at radius 2 is 2.06 bits per heavy atom. The lowest BCUT2D eigenvalue weighted by molar-refractivity contribution is -0.130. The fourth-order valence-corrected chi connectivity index (χ4v) is 1.91. The molecule has 0 aromatic carbocycles. The maximum absolute atomic E-state index is 11.5. The first kappa shape index (κ1) is 13.7. The number of piperidine rings is 1. The summed E-state index contributed by atoms with van der Waals surface area (Å²) in [6, 6.07) is 0.198. The summed E-state index contributed by atoms with van der Waals surface area (Å²) in [5.74, 6) is 0.121. The van der Waals surface area contributed by atoms with Crippen molar-refractivity contribution in [1.29, 1.82) is 0 Å². The number of carbonyl (C=O) groups is 2. The van der Waals surface area contributed by atoms with Gasteiger partial charge in [0.1, 0.15) is 0 Å². The van der Waals surface area contributed by atoms with Crippen LogP contribution in [0.15, 0.2) is 12.7 Å². The molecule has 0 aliphatic carbocycles. The van der Waals surface area contributed by atoms with E-state index in [9.17, 15) is 9.59 Å². The van der Waals surface area contributed by atoms with E-state index >= 15 is 0 Å². The molecule has 0 unspecified atom stereocenters. The molecule has 0 atom stereocenters. The fraction of sp³-hybridized carbons (Fsp3) is 0.667. The molecule has 2 N–H and O–H groups in total. The minimum atomic E-state index is 0.00752. The second-order valence-corrected chi connectivity index (χ2v) is 4.27. The number of hydrogen-bond donors (Lipinski definition) is 2. The quantitative estimate of drug-likeness (QED) is 0.520. The van der Waals surface area contributed by atoms with Crippen LogP contribution in [0.3, 0.4) is 0 Å². The van der Waals surface area contributed by atoms with Crippen LogP contribution in [0.2, 0.25) is 0 Å². The lowest BCUT2D eigenvalue weighted by atomic mass is 10.1. The van der Waals surface area contributed by atoms with Crippen molar-refractivity contribution in [3.8, 4) is 0 Å². The van der Waals surface area contributed by atoms with Gasteiger partial charge in [0.25, 0.3) is 0 Å². The molecule has 2 amide bonds. The van der Waals surface area contributed by atoms with Gasteiger partial charge in [-0.2, -0.15) is 0 Å². The monoisotopic (exact) mass is 239 g/mol. The van der Waals surface area contributed by atoms with Crippen LogP contribution in [0.1, 0.15) is 19.8 Å². The molecule has 17 heavy (non-hydrogen) atoms. The van der Waals surface area contributed by atoms with Crippen molar-refractivity contribution < 1.29 is 9.59 Å². The average molecular weight is 239 g/mol. The van der Waals surface area contributed by atoms with Gasteiger partial charge in [-0.3, -0.25) is 9.59 Å². The van der Waals surface area contributed by atoms with E-state index < -0.39 is 0 Å². The summed E-state index contributed by atoms with van der Waals surface area (Å²) in [4.78, 5) is 24.5. The maximum Gasteiger partial charge on any atom is 0.234 e. The van der Waals surface area contributed by atoms with Crippen molar-refractivity contribution in [2.45, 2.75) is 25.8 Å². The summed E-state index contributed by atoms with van der Waals surface area (Å²) in [5, 5.41) is 5.92. The zero-order chi connectivity index (χ0) is 12.7. The van der Waals surface area contributed by atoms with E-state index in [1.165, 1.54) is 0 Å². The molecular weight excluding hydrogens is 218 g/mol. The SMILES string of the molecule is C=CCNCC(=O)NC1CCN(C(C)=O)CC1. The smallest absolute Gasteiger partial charge is 0.234 e. The largest absolute Gasteiger partial charge is 0.352 e. The number of nitrogens with zero attached hydrogens (tertiary/aromatic N) is 1. The third kappa shape index (κ3) is 4.99. The molecular formula is C12H21N3O2. The first-order valence-corrected chi connectivity index (χ1v) is 6.00. The van der Waals surface area contributed by atoms with Crippen molar-refractivity contribution in [1.82, 2.24) is 15.5 Å². The predicted octanol–water partition coefficient (Wildman–Crippen LogP) is -0.111. The fourth-order valence-electron chi connectivity index (χ4n) is 1.91. The molecule has 5 heteroatoms. The van der Waals surface area contributed by atoms with Gasteiger partial charge in [-0.1, -0.05) is 6.08 Å². The van der Waals surface area contributed by atoms with Gasteiger partial charge >= 0.3 is 0 Å². The van der Waals surface area contributed by atoms with Crippen molar-refractivity contribution in [3.05, 3.63) is 12.7 Å². The second kappa shape index (κ2) is 7.06. The van der Waals surface area contributed by atoms with Crippen LogP contribution in [-0.4, -0.2) is 48.9 Å². The van der Waals surface area contributed by atoms with Crippen LogP contribution in [0.4, 0.5) is 0 Å². The zero-order valence-corrected chi connectivity index (χ0v) is 10.4. The number of likely N-dealkylation sites (tertiary alicyclic amines) is 1. The molecule has 0 aromatic heterocycles. The van der Waals surface area contributed by atoms with Gasteiger partial charge in [-0.25, -0.2) is 0 Å². The standard InChI is InChI=1S/C12H21N3O2/c1-3-6-13-9-12(17)14-11-4-7-15(8-5-11)10(2)16/h3,11,13H,1,4-9H2,2H3,(H,14,17). The van der Waals surface area contributed by atoms with Gasteiger partial charge in [-0.15, -0.1) is 6.58 Å². The molecule has 0 bridgehead atoms. The predicted molar refractivity (Wildman–Crippen MR) is 66.5 cm³/mol. The van der Waals surface area contributed by atoms with E-state index in [1.807, 2.05) is 4.90 Å². The average Bonchev–Trinajstić information content (AvgIpc) is 2.30. The Morgan fingerprint density at radius 1 is 1.41 bits per heavy atom. The highest BCUT2D eigenvalue weighted by atomic mass is 16.2. The first-order chi connectivity index (χ1) is 8.13. The van der Waals surface area contributed by atoms with E-state index in [4.69, 9.17) is 0 Å². The van der Waals surface area contributed by atoms with Gasteiger partial charge in [-0.05, 0) is 12.8 Å². The Hall–Kier alpha value is -1.36. The summed E-state index contributed by atoms with van der Waals surface area (Å²) < 4.78 is 0. The van der Waals surface area contributed by atoms with Gasteiger partial charge in [0.2, 0.25) is 11.8 Å². The second-order valence-electron chi connectivity index (χ2n) is 4.27. The lowest BCUT2D eigenvalue weighted by Crippen LogP contribution is -2.47. The summed E-state index contributed by atoms with van der Waals surface area (Å²) in [7, 11) is 0. The Balaban J connectivity index is 2.19. The molecule has 1 heterocycles. The minimum Gasteiger partial charge on any atom is -0.352 e. The molecule has 1 aliphatic rings. The molecule has 1 rings (SSSR count). The molecule has 0 aromatic rings. The Labute approximate surface area is 102 Å². The van der Waals surface area contributed by atoms with Crippen LogP contribution in [0, 0.1) is 0 Å².